The van der Waals surface area contributed by atoms with Gasteiger partial charge in [0.15, 0.2) is 0 Å². The number of rotatable bonds is 6. The SMILES string of the molecule is CCc1cc(NCC(c2cnn(C)c2)N(C)C)c2ccccc2n1. The summed E-state index contributed by atoms with van der Waals surface area (Å²) in [6.45, 7) is 2.95. The van der Waals surface area contributed by atoms with Crippen molar-refractivity contribution in [3.63, 3.8) is 0 Å². The lowest BCUT2D eigenvalue weighted by Crippen LogP contribution is -2.26. The van der Waals surface area contributed by atoms with Gasteiger partial charge < -0.3 is 10.2 Å². The summed E-state index contributed by atoms with van der Waals surface area (Å²) in [5.41, 5.74) is 4.51. The summed E-state index contributed by atoms with van der Waals surface area (Å²) in [6.07, 6.45) is 4.95. The molecule has 0 radical (unpaired) electrons. The van der Waals surface area contributed by atoms with Gasteiger partial charge in [0.25, 0.3) is 0 Å². The van der Waals surface area contributed by atoms with Crippen LogP contribution in [0.5, 0.6) is 0 Å². The lowest BCUT2D eigenvalue weighted by atomic mass is 10.1. The van der Waals surface area contributed by atoms with Gasteiger partial charge in [-0.25, -0.2) is 0 Å². The molecule has 1 aromatic carbocycles. The van der Waals surface area contributed by atoms with E-state index in [9.17, 15) is 0 Å². The molecule has 2 aromatic heterocycles. The monoisotopic (exact) mass is 323 g/mol. The smallest absolute Gasteiger partial charge is 0.0726 e. The van der Waals surface area contributed by atoms with Crippen molar-refractivity contribution >= 4 is 16.6 Å². The second-order valence-corrected chi connectivity index (χ2v) is 6.34. The van der Waals surface area contributed by atoms with E-state index in [1.54, 1.807) is 0 Å². The fraction of sp³-hybridized carbons (Fsp3) is 0.368. The predicted molar refractivity (Wildman–Crippen MR) is 99.2 cm³/mol. The molecule has 0 saturated carbocycles. The molecule has 1 N–H and O–H groups in total. The van der Waals surface area contributed by atoms with Crippen LogP contribution in [-0.2, 0) is 13.5 Å². The highest BCUT2D eigenvalue weighted by Gasteiger charge is 2.16. The minimum absolute atomic E-state index is 0.260. The average Bonchev–Trinajstić information content (AvgIpc) is 3.00. The molecular weight excluding hydrogens is 298 g/mol. The molecule has 24 heavy (non-hydrogen) atoms. The zero-order valence-corrected chi connectivity index (χ0v) is 14.8. The summed E-state index contributed by atoms with van der Waals surface area (Å²) >= 11 is 0. The van der Waals surface area contributed by atoms with Crippen LogP contribution in [0.1, 0.15) is 24.2 Å². The molecule has 2 heterocycles. The van der Waals surface area contributed by atoms with E-state index in [1.165, 1.54) is 10.9 Å². The molecule has 126 valence electrons. The first-order valence-corrected chi connectivity index (χ1v) is 8.36. The van der Waals surface area contributed by atoms with Gasteiger partial charge in [0.05, 0.1) is 17.8 Å². The minimum atomic E-state index is 0.260. The Hall–Kier alpha value is -2.40. The van der Waals surface area contributed by atoms with Gasteiger partial charge >= 0.3 is 0 Å². The zero-order chi connectivity index (χ0) is 17.1. The summed E-state index contributed by atoms with van der Waals surface area (Å²) in [7, 11) is 6.15. The number of anilines is 1. The van der Waals surface area contributed by atoms with Crippen molar-refractivity contribution in [2.45, 2.75) is 19.4 Å². The minimum Gasteiger partial charge on any atom is -0.383 e. The Bertz CT molecular complexity index is 821. The van der Waals surface area contributed by atoms with E-state index < -0.39 is 0 Å². The van der Waals surface area contributed by atoms with Crippen molar-refractivity contribution in [3.8, 4) is 0 Å². The summed E-state index contributed by atoms with van der Waals surface area (Å²) in [5.74, 6) is 0. The number of nitrogens with zero attached hydrogens (tertiary/aromatic N) is 4. The van der Waals surface area contributed by atoms with Gasteiger partial charge in [0.1, 0.15) is 0 Å². The van der Waals surface area contributed by atoms with Crippen LogP contribution in [0.15, 0.2) is 42.7 Å². The molecule has 3 aromatic rings. The Labute approximate surface area is 143 Å². The third-order valence-corrected chi connectivity index (χ3v) is 4.35. The Morgan fingerprint density at radius 3 is 2.71 bits per heavy atom. The molecule has 0 aliphatic carbocycles. The maximum atomic E-state index is 4.71. The van der Waals surface area contributed by atoms with Crippen LogP contribution in [-0.4, -0.2) is 40.3 Å². The number of hydrogen-bond acceptors (Lipinski definition) is 4. The van der Waals surface area contributed by atoms with E-state index in [0.29, 0.717) is 0 Å². The van der Waals surface area contributed by atoms with Crippen molar-refractivity contribution in [1.29, 1.82) is 0 Å². The van der Waals surface area contributed by atoms with Gasteiger partial charge in [-0.15, -0.1) is 0 Å². The second kappa shape index (κ2) is 7.01. The number of para-hydroxylation sites is 1. The highest BCUT2D eigenvalue weighted by Crippen LogP contribution is 2.25. The molecule has 0 saturated heterocycles. The first kappa shape index (κ1) is 16.5. The zero-order valence-electron chi connectivity index (χ0n) is 14.8. The van der Waals surface area contributed by atoms with Crippen molar-refractivity contribution in [1.82, 2.24) is 19.7 Å². The van der Waals surface area contributed by atoms with Crippen molar-refractivity contribution in [2.75, 3.05) is 26.0 Å². The number of likely N-dealkylation sites (N-methyl/N-ethyl adjacent to an activating group) is 1. The Morgan fingerprint density at radius 2 is 2.04 bits per heavy atom. The third-order valence-electron chi connectivity index (χ3n) is 4.35. The average molecular weight is 323 g/mol. The van der Waals surface area contributed by atoms with E-state index in [4.69, 9.17) is 4.98 Å². The van der Waals surface area contributed by atoms with Gasteiger partial charge in [-0.1, -0.05) is 25.1 Å². The topological polar surface area (TPSA) is 46.0 Å². The lowest BCUT2D eigenvalue weighted by molar-refractivity contribution is 0.312. The van der Waals surface area contributed by atoms with Crippen molar-refractivity contribution in [3.05, 3.63) is 54.0 Å². The fourth-order valence-corrected chi connectivity index (χ4v) is 2.98. The number of nitrogens with one attached hydrogen (secondary N) is 1. The summed E-state index contributed by atoms with van der Waals surface area (Å²) in [6, 6.07) is 10.7. The summed E-state index contributed by atoms with van der Waals surface area (Å²) in [4.78, 5) is 6.93. The van der Waals surface area contributed by atoms with Crippen LogP contribution in [0, 0.1) is 0 Å². The number of aryl methyl sites for hydroxylation is 2. The Kier molecular flexibility index (Phi) is 4.81. The normalized spacial score (nSPS) is 12.7. The number of benzene rings is 1. The molecule has 5 heteroatoms. The maximum Gasteiger partial charge on any atom is 0.0726 e. The first-order chi connectivity index (χ1) is 11.6. The molecule has 0 aliphatic rings. The molecule has 0 amide bonds. The van der Waals surface area contributed by atoms with Crippen LogP contribution >= 0.6 is 0 Å². The van der Waals surface area contributed by atoms with Crippen LogP contribution in [0.3, 0.4) is 0 Å². The van der Waals surface area contributed by atoms with Crippen LogP contribution in [0.25, 0.3) is 10.9 Å². The molecule has 1 atom stereocenters. The third kappa shape index (κ3) is 3.41. The number of pyridine rings is 1. The van der Waals surface area contributed by atoms with Gasteiger partial charge in [-0.3, -0.25) is 9.67 Å². The Morgan fingerprint density at radius 1 is 1.25 bits per heavy atom. The van der Waals surface area contributed by atoms with E-state index in [2.05, 4.69) is 66.8 Å². The quantitative estimate of drug-likeness (QED) is 0.756. The highest BCUT2D eigenvalue weighted by molar-refractivity contribution is 5.91. The standard InChI is InChI=1S/C19H25N5/c1-5-15-10-18(16-8-6-7-9-17(16)22-15)20-12-19(23(2)3)14-11-21-24(4)13-14/h6-11,13,19H,5,12H2,1-4H3,(H,20,22). The van der Waals surface area contributed by atoms with E-state index >= 15 is 0 Å². The van der Waals surface area contributed by atoms with Gasteiger partial charge in [0.2, 0.25) is 0 Å². The number of aromatic nitrogens is 3. The number of fused-ring (bicyclic) bond motifs is 1. The largest absolute Gasteiger partial charge is 0.383 e. The summed E-state index contributed by atoms with van der Waals surface area (Å²) in [5, 5.41) is 9.10. The van der Waals surface area contributed by atoms with Gasteiger partial charge in [-0.2, -0.15) is 5.10 Å². The predicted octanol–water partition coefficient (Wildman–Crippen LogP) is 3.25. The van der Waals surface area contributed by atoms with Gasteiger partial charge in [-0.05, 0) is 32.6 Å². The van der Waals surface area contributed by atoms with Crippen molar-refractivity contribution in [2.24, 2.45) is 7.05 Å². The van der Waals surface area contributed by atoms with Crippen LogP contribution in [0.4, 0.5) is 5.69 Å². The maximum absolute atomic E-state index is 4.71. The van der Waals surface area contributed by atoms with Crippen LogP contribution < -0.4 is 5.32 Å². The molecule has 5 nitrogen and oxygen atoms in total. The Balaban J connectivity index is 1.88. The lowest BCUT2D eigenvalue weighted by Gasteiger charge is -2.24. The van der Waals surface area contributed by atoms with Crippen molar-refractivity contribution < 1.29 is 0 Å². The molecular formula is C19H25N5. The number of hydrogen-bond donors (Lipinski definition) is 1. The van der Waals surface area contributed by atoms with E-state index in [0.717, 1.165) is 29.9 Å². The first-order valence-electron chi connectivity index (χ1n) is 8.36. The highest BCUT2D eigenvalue weighted by atomic mass is 15.2. The molecule has 0 bridgehead atoms. The molecule has 0 fully saturated rings. The molecule has 1 unspecified atom stereocenters. The molecule has 0 aliphatic heterocycles. The molecule has 3 rings (SSSR count). The second-order valence-electron chi connectivity index (χ2n) is 6.34. The van der Waals surface area contributed by atoms with E-state index in [1.807, 2.05) is 24.0 Å². The fourth-order valence-electron chi connectivity index (χ4n) is 2.98. The van der Waals surface area contributed by atoms with E-state index in [-0.39, 0.29) is 6.04 Å². The van der Waals surface area contributed by atoms with Crippen LogP contribution in [0.2, 0.25) is 0 Å². The van der Waals surface area contributed by atoms with Gasteiger partial charge in [0, 0.05) is 42.1 Å². The summed E-state index contributed by atoms with van der Waals surface area (Å²) < 4.78 is 1.85. The molecule has 0 spiro atoms.